The first-order valence-electron chi connectivity index (χ1n) is 6.44. The van der Waals surface area contributed by atoms with Crippen molar-refractivity contribution < 1.29 is 4.79 Å². The summed E-state index contributed by atoms with van der Waals surface area (Å²) in [6, 6.07) is 3.81. The highest BCUT2D eigenvalue weighted by Gasteiger charge is 2.35. The Balaban J connectivity index is 2.23. The average molecular weight is 247 g/mol. The number of carbonyl (C=O) groups excluding carboxylic acids is 1. The van der Waals surface area contributed by atoms with Crippen LogP contribution < -0.4 is 5.32 Å². The molecule has 0 bridgehead atoms. The average Bonchev–Trinajstić information content (AvgIpc) is 2.43. The van der Waals surface area contributed by atoms with Crippen molar-refractivity contribution in [3.05, 3.63) is 30.1 Å². The standard InChI is InChI=1S/C14H21N3O/c1-11-13(18)17(14(2,3)6-8-16-11)10-12-5-4-7-15-9-12/h4-5,7,9,11,16H,6,8,10H2,1-3H3. The van der Waals surface area contributed by atoms with E-state index in [9.17, 15) is 4.79 Å². The van der Waals surface area contributed by atoms with Crippen LogP contribution >= 0.6 is 0 Å². The Morgan fingerprint density at radius 3 is 3.00 bits per heavy atom. The molecule has 2 heterocycles. The summed E-state index contributed by atoms with van der Waals surface area (Å²) < 4.78 is 0. The van der Waals surface area contributed by atoms with Crippen molar-refractivity contribution in [3.8, 4) is 0 Å². The van der Waals surface area contributed by atoms with E-state index >= 15 is 0 Å². The van der Waals surface area contributed by atoms with E-state index in [1.807, 2.05) is 30.2 Å². The number of carbonyl (C=O) groups is 1. The van der Waals surface area contributed by atoms with Gasteiger partial charge in [-0.2, -0.15) is 0 Å². The summed E-state index contributed by atoms with van der Waals surface area (Å²) in [5.41, 5.74) is 0.957. The lowest BCUT2D eigenvalue weighted by molar-refractivity contribution is -0.137. The monoisotopic (exact) mass is 247 g/mol. The van der Waals surface area contributed by atoms with Gasteiger partial charge >= 0.3 is 0 Å². The molecule has 18 heavy (non-hydrogen) atoms. The topological polar surface area (TPSA) is 45.2 Å². The quantitative estimate of drug-likeness (QED) is 0.863. The number of pyridine rings is 1. The summed E-state index contributed by atoms with van der Waals surface area (Å²) in [4.78, 5) is 18.5. The van der Waals surface area contributed by atoms with E-state index in [0.717, 1.165) is 18.5 Å². The minimum absolute atomic E-state index is 0.108. The third-order valence-corrected chi connectivity index (χ3v) is 3.62. The van der Waals surface area contributed by atoms with E-state index in [-0.39, 0.29) is 17.5 Å². The number of hydrogen-bond acceptors (Lipinski definition) is 3. The second-order valence-electron chi connectivity index (χ2n) is 5.52. The van der Waals surface area contributed by atoms with Gasteiger partial charge in [0.1, 0.15) is 0 Å². The zero-order chi connectivity index (χ0) is 13.2. The zero-order valence-corrected chi connectivity index (χ0v) is 11.3. The molecule has 0 aliphatic carbocycles. The number of amides is 1. The van der Waals surface area contributed by atoms with E-state index in [2.05, 4.69) is 24.1 Å². The number of rotatable bonds is 2. The Morgan fingerprint density at radius 2 is 2.33 bits per heavy atom. The SMILES string of the molecule is CC1NCCC(C)(C)N(Cc2cccnc2)C1=O. The first-order valence-corrected chi connectivity index (χ1v) is 6.44. The molecule has 0 aromatic carbocycles. The summed E-state index contributed by atoms with van der Waals surface area (Å²) in [5.74, 6) is 0.168. The lowest BCUT2D eigenvalue weighted by Crippen LogP contribution is -2.49. The zero-order valence-electron chi connectivity index (χ0n) is 11.3. The highest BCUT2D eigenvalue weighted by atomic mass is 16.2. The number of aromatic nitrogens is 1. The molecule has 1 aromatic rings. The summed E-state index contributed by atoms with van der Waals surface area (Å²) >= 11 is 0. The van der Waals surface area contributed by atoms with E-state index in [1.165, 1.54) is 0 Å². The van der Waals surface area contributed by atoms with Crippen molar-refractivity contribution in [1.82, 2.24) is 15.2 Å². The van der Waals surface area contributed by atoms with Crippen molar-refractivity contribution in [2.24, 2.45) is 0 Å². The number of nitrogens with one attached hydrogen (secondary N) is 1. The van der Waals surface area contributed by atoms with Crippen LogP contribution in [0.15, 0.2) is 24.5 Å². The molecule has 1 atom stereocenters. The van der Waals surface area contributed by atoms with Gasteiger partial charge in [-0.3, -0.25) is 9.78 Å². The third-order valence-electron chi connectivity index (χ3n) is 3.62. The van der Waals surface area contributed by atoms with Gasteiger partial charge in [-0.05, 0) is 45.4 Å². The second kappa shape index (κ2) is 5.06. The smallest absolute Gasteiger partial charge is 0.240 e. The maximum Gasteiger partial charge on any atom is 0.240 e. The molecule has 1 aromatic heterocycles. The molecule has 1 aliphatic rings. The predicted octanol–water partition coefficient (Wildman–Crippen LogP) is 1.57. The van der Waals surface area contributed by atoms with Crippen molar-refractivity contribution in [2.75, 3.05) is 6.54 Å². The summed E-state index contributed by atoms with van der Waals surface area (Å²) in [6.07, 6.45) is 4.54. The first-order chi connectivity index (χ1) is 8.50. The van der Waals surface area contributed by atoms with Crippen LogP contribution in [0.5, 0.6) is 0 Å². The van der Waals surface area contributed by atoms with E-state index in [1.54, 1.807) is 6.20 Å². The Bertz CT molecular complexity index is 416. The molecular formula is C14H21N3O. The highest BCUT2D eigenvalue weighted by Crippen LogP contribution is 2.24. The minimum atomic E-state index is -0.120. The predicted molar refractivity (Wildman–Crippen MR) is 70.9 cm³/mol. The van der Waals surface area contributed by atoms with Gasteiger partial charge in [-0.25, -0.2) is 0 Å². The molecule has 0 radical (unpaired) electrons. The van der Waals surface area contributed by atoms with Gasteiger partial charge in [0.05, 0.1) is 6.04 Å². The van der Waals surface area contributed by atoms with Gasteiger partial charge in [0.25, 0.3) is 0 Å². The van der Waals surface area contributed by atoms with Gasteiger partial charge in [-0.15, -0.1) is 0 Å². The van der Waals surface area contributed by atoms with Gasteiger partial charge in [0.2, 0.25) is 5.91 Å². The maximum atomic E-state index is 12.4. The van der Waals surface area contributed by atoms with E-state index in [0.29, 0.717) is 6.54 Å². The Hall–Kier alpha value is -1.42. The fraction of sp³-hybridized carbons (Fsp3) is 0.571. The maximum absolute atomic E-state index is 12.4. The number of nitrogens with zero attached hydrogens (tertiary/aromatic N) is 2. The molecular weight excluding hydrogens is 226 g/mol. The lowest BCUT2D eigenvalue weighted by Gasteiger charge is -2.37. The van der Waals surface area contributed by atoms with Crippen molar-refractivity contribution in [3.63, 3.8) is 0 Å². The molecule has 1 N–H and O–H groups in total. The van der Waals surface area contributed by atoms with Crippen molar-refractivity contribution in [1.29, 1.82) is 0 Å². The minimum Gasteiger partial charge on any atom is -0.332 e. The van der Waals surface area contributed by atoms with E-state index < -0.39 is 0 Å². The van der Waals surface area contributed by atoms with Gasteiger partial charge in [0.15, 0.2) is 0 Å². The van der Waals surface area contributed by atoms with Crippen LogP contribution in [-0.4, -0.2) is 33.9 Å². The number of hydrogen-bond donors (Lipinski definition) is 1. The summed E-state index contributed by atoms with van der Waals surface area (Å²) in [7, 11) is 0. The first kappa shape index (κ1) is 13.0. The van der Waals surface area contributed by atoms with Crippen LogP contribution in [0.2, 0.25) is 0 Å². The molecule has 1 saturated heterocycles. The molecule has 1 amide bonds. The molecule has 0 spiro atoms. The normalized spacial score (nSPS) is 23.8. The van der Waals surface area contributed by atoms with Crippen LogP contribution in [0.3, 0.4) is 0 Å². The molecule has 4 heteroatoms. The Morgan fingerprint density at radius 1 is 1.56 bits per heavy atom. The Kier molecular flexibility index (Phi) is 3.66. The van der Waals surface area contributed by atoms with E-state index in [4.69, 9.17) is 0 Å². The largest absolute Gasteiger partial charge is 0.332 e. The molecule has 1 unspecified atom stereocenters. The molecule has 98 valence electrons. The van der Waals surface area contributed by atoms with Gasteiger partial charge in [0, 0.05) is 24.5 Å². The molecule has 1 fully saturated rings. The van der Waals surface area contributed by atoms with Crippen LogP contribution in [0.4, 0.5) is 0 Å². The third kappa shape index (κ3) is 2.70. The summed E-state index contributed by atoms with van der Waals surface area (Å²) in [5, 5.41) is 3.26. The molecule has 4 nitrogen and oxygen atoms in total. The van der Waals surface area contributed by atoms with Crippen LogP contribution in [0.25, 0.3) is 0 Å². The van der Waals surface area contributed by atoms with Crippen molar-refractivity contribution >= 4 is 5.91 Å². The Labute approximate surface area is 108 Å². The fourth-order valence-electron chi connectivity index (χ4n) is 2.32. The van der Waals surface area contributed by atoms with Crippen LogP contribution in [0.1, 0.15) is 32.8 Å². The molecule has 0 saturated carbocycles. The fourth-order valence-corrected chi connectivity index (χ4v) is 2.32. The molecule has 1 aliphatic heterocycles. The van der Waals surface area contributed by atoms with Crippen molar-refractivity contribution in [2.45, 2.75) is 45.3 Å². The molecule has 2 rings (SSSR count). The highest BCUT2D eigenvalue weighted by molar-refractivity contribution is 5.82. The van der Waals surface area contributed by atoms with Gasteiger partial charge in [-0.1, -0.05) is 6.07 Å². The lowest BCUT2D eigenvalue weighted by atomic mass is 9.97. The van der Waals surface area contributed by atoms with Crippen LogP contribution in [-0.2, 0) is 11.3 Å². The van der Waals surface area contributed by atoms with Crippen LogP contribution in [0, 0.1) is 0 Å². The second-order valence-corrected chi connectivity index (χ2v) is 5.52. The van der Waals surface area contributed by atoms with Gasteiger partial charge < -0.3 is 10.2 Å². The summed E-state index contributed by atoms with van der Waals surface area (Å²) in [6.45, 7) is 7.69.